The highest BCUT2D eigenvalue weighted by Crippen LogP contribution is 2.46. The van der Waals surface area contributed by atoms with Crippen LogP contribution < -0.4 is 10.9 Å². The number of tetrazole rings is 1. The van der Waals surface area contributed by atoms with Crippen molar-refractivity contribution in [3.05, 3.63) is 75.7 Å². The Labute approximate surface area is 240 Å². The number of rotatable bonds is 8. The predicted octanol–water partition coefficient (Wildman–Crippen LogP) is 5.17. The number of nitrogens with zero attached hydrogens (tertiary/aromatic N) is 5. The van der Waals surface area contributed by atoms with E-state index in [9.17, 15) is 9.59 Å². The zero-order valence-corrected chi connectivity index (χ0v) is 24.4. The van der Waals surface area contributed by atoms with Gasteiger partial charge < -0.3 is 5.32 Å². The average molecular weight is 554 g/mol. The number of nitrogens with one attached hydrogen (secondary N) is 2. The minimum atomic E-state index is -0.818. The molecule has 0 atom stereocenters. The summed E-state index contributed by atoms with van der Waals surface area (Å²) in [6.45, 7) is 8.18. The van der Waals surface area contributed by atoms with E-state index in [0.717, 1.165) is 65.6 Å². The molecule has 2 bridgehead atoms. The first-order chi connectivity index (χ1) is 19.7. The molecule has 3 aliphatic rings. The van der Waals surface area contributed by atoms with Gasteiger partial charge in [0, 0.05) is 28.8 Å². The van der Waals surface area contributed by atoms with E-state index in [4.69, 9.17) is 0 Å². The number of hydrogen-bond acceptors (Lipinski definition) is 5. The first-order valence-electron chi connectivity index (χ1n) is 14.8. The second-order valence-corrected chi connectivity index (χ2v) is 12.6. The number of aromatic amines is 1. The summed E-state index contributed by atoms with van der Waals surface area (Å²) in [6, 6.07) is 16.7. The highest BCUT2D eigenvalue weighted by atomic mass is 16.2. The normalized spacial score (nSPS) is 19.8. The zero-order chi connectivity index (χ0) is 28.8. The third-order valence-electron chi connectivity index (χ3n) is 8.66. The maximum absolute atomic E-state index is 14.3. The van der Waals surface area contributed by atoms with E-state index < -0.39 is 5.54 Å². The Hall–Kier alpha value is -4.01. The Morgan fingerprint density at radius 2 is 1.78 bits per heavy atom. The van der Waals surface area contributed by atoms with Crippen molar-refractivity contribution in [2.75, 3.05) is 0 Å². The summed E-state index contributed by atoms with van der Waals surface area (Å²) in [4.78, 5) is 28.1. The lowest BCUT2D eigenvalue weighted by Gasteiger charge is -2.48. The maximum atomic E-state index is 14.3. The van der Waals surface area contributed by atoms with Crippen molar-refractivity contribution in [1.82, 2.24) is 35.3 Å². The predicted molar refractivity (Wildman–Crippen MR) is 159 cm³/mol. The molecule has 0 unspecified atom stereocenters. The maximum Gasteiger partial charge on any atom is 0.271 e. The molecule has 7 rings (SSSR count). The third kappa shape index (κ3) is 4.81. The van der Waals surface area contributed by atoms with Crippen LogP contribution in [0.2, 0.25) is 0 Å². The van der Waals surface area contributed by atoms with Crippen molar-refractivity contribution in [2.45, 2.75) is 96.2 Å². The number of H-pyrrole nitrogens is 1. The molecule has 41 heavy (non-hydrogen) atoms. The molecule has 4 aromatic rings. The van der Waals surface area contributed by atoms with E-state index in [1.165, 1.54) is 0 Å². The third-order valence-corrected chi connectivity index (χ3v) is 8.66. The van der Waals surface area contributed by atoms with Gasteiger partial charge in [0.15, 0.2) is 0 Å². The number of amides is 1. The van der Waals surface area contributed by atoms with Crippen LogP contribution in [0.25, 0.3) is 22.5 Å². The molecule has 4 heterocycles. The van der Waals surface area contributed by atoms with Gasteiger partial charge in [-0.1, -0.05) is 61.9 Å². The number of benzene rings is 2. The van der Waals surface area contributed by atoms with E-state index >= 15 is 0 Å². The average Bonchev–Trinajstić information content (AvgIpc) is 3.60. The summed E-state index contributed by atoms with van der Waals surface area (Å²) >= 11 is 0. The molecular formula is C32H39N7O2. The van der Waals surface area contributed by atoms with Crippen molar-refractivity contribution in [3.63, 3.8) is 0 Å². The van der Waals surface area contributed by atoms with Crippen LogP contribution in [0.5, 0.6) is 0 Å². The fraction of sp³-hybridized carbons (Fsp3) is 0.469. The summed E-state index contributed by atoms with van der Waals surface area (Å²) < 4.78 is 4.10. The molecule has 1 saturated carbocycles. The van der Waals surface area contributed by atoms with Gasteiger partial charge in [-0.25, -0.2) is 4.68 Å². The second-order valence-electron chi connectivity index (χ2n) is 12.6. The van der Waals surface area contributed by atoms with Crippen LogP contribution in [0.3, 0.4) is 0 Å². The van der Waals surface area contributed by atoms with Gasteiger partial charge in [-0.3, -0.25) is 14.3 Å². The topological polar surface area (TPSA) is 110 Å². The summed E-state index contributed by atoms with van der Waals surface area (Å²) in [5.41, 5.74) is 4.81. The minimum absolute atomic E-state index is 0.00362. The van der Waals surface area contributed by atoms with Gasteiger partial charge in [-0.2, -0.15) is 5.21 Å². The molecule has 1 aliphatic carbocycles. The molecule has 2 aromatic carbocycles. The second kappa shape index (κ2) is 10.4. The monoisotopic (exact) mass is 553 g/mol. The van der Waals surface area contributed by atoms with Gasteiger partial charge in [-0.05, 0) is 81.2 Å². The quantitative estimate of drug-likeness (QED) is 0.313. The molecule has 2 N–H and O–H groups in total. The fourth-order valence-corrected chi connectivity index (χ4v) is 6.71. The van der Waals surface area contributed by atoms with E-state index in [0.29, 0.717) is 25.1 Å². The SMILES string of the molecule is CCCCc1c(Cc2ccc(-c3ccccc3-c3nn[nH]n3)cc2)c(=O)n2n1C1CCC2(C(=O)NC(C)(C)C)CC1. The summed E-state index contributed by atoms with van der Waals surface area (Å²) in [7, 11) is 0. The van der Waals surface area contributed by atoms with Gasteiger partial charge in [0.05, 0.1) is 6.04 Å². The molecule has 9 heteroatoms. The molecule has 2 aliphatic heterocycles. The molecule has 2 aromatic heterocycles. The number of hydrogen-bond donors (Lipinski definition) is 2. The Balaban J connectivity index is 1.38. The van der Waals surface area contributed by atoms with Gasteiger partial charge >= 0.3 is 0 Å². The van der Waals surface area contributed by atoms with Crippen LogP contribution in [0.15, 0.2) is 53.3 Å². The van der Waals surface area contributed by atoms with Crippen molar-refractivity contribution in [3.8, 4) is 22.5 Å². The molecule has 0 spiro atoms. The van der Waals surface area contributed by atoms with Gasteiger partial charge in [0.2, 0.25) is 11.7 Å². The standard InChI is InChI=1S/C32H39N7O2/c1-5-6-11-27-26(29(40)39-32(30(41)33-31(2,3)4)18-16-23(17-19-32)38(27)39)20-21-12-14-22(15-13-21)24-9-7-8-10-25(24)28-34-36-37-35-28/h7-10,12-15,23H,5-6,11,16-20H2,1-4H3,(H,33,41)(H,34,35,36,37). The van der Waals surface area contributed by atoms with Gasteiger partial charge in [-0.15, -0.1) is 10.2 Å². The number of fused-ring (bicyclic) bond motifs is 2. The fourth-order valence-electron chi connectivity index (χ4n) is 6.71. The molecular weight excluding hydrogens is 514 g/mol. The van der Waals surface area contributed by atoms with Crippen LogP contribution in [-0.4, -0.2) is 41.4 Å². The van der Waals surface area contributed by atoms with Crippen molar-refractivity contribution >= 4 is 5.91 Å². The Morgan fingerprint density at radius 3 is 2.41 bits per heavy atom. The van der Waals surface area contributed by atoms with Crippen LogP contribution in [0, 0.1) is 0 Å². The van der Waals surface area contributed by atoms with Crippen LogP contribution in [-0.2, 0) is 23.2 Å². The lowest BCUT2D eigenvalue weighted by molar-refractivity contribution is -0.138. The van der Waals surface area contributed by atoms with Crippen LogP contribution in [0.4, 0.5) is 0 Å². The molecule has 214 valence electrons. The zero-order valence-electron chi connectivity index (χ0n) is 24.4. The molecule has 1 fully saturated rings. The first kappa shape index (κ1) is 27.2. The highest BCUT2D eigenvalue weighted by molar-refractivity contribution is 5.85. The van der Waals surface area contributed by atoms with Crippen LogP contribution >= 0.6 is 0 Å². The Morgan fingerprint density at radius 1 is 1.07 bits per heavy atom. The van der Waals surface area contributed by atoms with Crippen LogP contribution in [0.1, 0.15) is 89.1 Å². The first-order valence-corrected chi connectivity index (χ1v) is 14.8. The minimum Gasteiger partial charge on any atom is -0.349 e. The van der Waals surface area contributed by atoms with Gasteiger partial charge in [0.25, 0.3) is 5.56 Å². The van der Waals surface area contributed by atoms with E-state index in [1.54, 1.807) is 0 Å². The van der Waals surface area contributed by atoms with E-state index in [-0.39, 0.29) is 23.0 Å². The molecule has 1 amide bonds. The number of aromatic nitrogens is 6. The summed E-state index contributed by atoms with van der Waals surface area (Å²) in [5, 5.41) is 17.8. The van der Waals surface area contributed by atoms with Crippen molar-refractivity contribution in [1.29, 1.82) is 0 Å². The largest absolute Gasteiger partial charge is 0.349 e. The van der Waals surface area contributed by atoms with E-state index in [2.05, 4.69) is 67.9 Å². The Bertz CT molecular complexity index is 1600. The Kier molecular flexibility index (Phi) is 6.91. The molecule has 9 nitrogen and oxygen atoms in total. The number of unbranched alkanes of at least 4 members (excludes halogenated alkanes) is 1. The highest BCUT2D eigenvalue weighted by Gasteiger charge is 2.52. The number of carbonyl (C=O) groups excluding carboxylic acids is 1. The lowest BCUT2D eigenvalue weighted by Crippen LogP contribution is -2.62. The number of carbonyl (C=O) groups is 1. The van der Waals surface area contributed by atoms with Crippen molar-refractivity contribution < 1.29 is 4.79 Å². The smallest absolute Gasteiger partial charge is 0.271 e. The summed E-state index contributed by atoms with van der Waals surface area (Å²) in [6.07, 6.45) is 6.73. The molecule has 0 saturated heterocycles. The molecule has 0 radical (unpaired) electrons. The summed E-state index contributed by atoms with van der Waals surface area (Å²) in [5.74, 6) is 0.527. The van der Waals surface area contributed by atoms with Crippen molar-refractivity contribution in [2.24, 2.45) is 0 Å². The van der Waals surface area contributed by atoms with E-state index in [1.807, 2.05) is 43.7 Å². The lowest BCUT2D eigenvalue weighted by atomic mass is 9.76. The van der Waals surface area contributed by atoms with Gasteiger partial charge in [0.1, 0.15) is 5.54 Å².